The lowest BCUT2D eigenvalue weighted by atomic mass is 10.1. The summed E-state index contributed by atoms with van der Waals surface area (Å²) in [6.45, 7) is 3.11. The SMILES string of the molecule is Clc1ccc(-c2[nH]ncc2CN2CCOC(c3ccn[nH]3)C2)o1. The van der Waals surface area contributed by atoms with Crippen molar-refractivity contribution in [1.29, 1.82) is 0 Å². The van der Waals surface area contributed by atoms with Crippen LogP contribution in [0.3, 0.4) is 0 Å². The van der Waals surface area contributed by atoms with Gasteiger partial charge < -0.3 is 9.15 Å². The van der Waals surface area contributed by atoms with Crippen molar-refractivity contribution in [3.05, 3.63) is 47.1 Å². The van der Waals surface area contributed by atoms with Gasteiger partial charge in [-0.15, -0.1) is 0 Å². The fourth-order valence-electron chi connectivity index (χ4n) is 2.81. The molecule has 4 heterocycles. The van der Waals surface area contributed by atoms with Gasteiger partial charge in [0, 0.05) is 31.4 Å². The van der Waals surface area contributed by atoms with E-state index < -0.39 is 0 Å². The summed E-state index contributed by atoms with van der Waals surface area (Å²) in [6.07, 6.45) is 3.58. The second-order valence-corrected chi connectivity index (χ2v) is 5.85. The molecule has 1 saturated heterocycles. The van der Waals surface area contributed by atoms with Gasteiger partial charge in [0.25, 0.3) is 0 Å². The van der Waals surface area contributed by atoms with E-state index in [0.717, 1.165) is 36.6 Å². The molecular formula is C15H16ClN5O2. The number of ether oxygens (including phenoxy) is 1. The first-order valence-electron chi connectivity index (χ1n) is 7.41. The molecule has 23 heavy (non-hydrogen) atoms. The maximum atomic E-state index is 5.86. The number of H-pyrrole nitrogens is 2. The third-order valence-electron chi connectivity index (χ3n) is 3.95. The Labute approximate surface area is 137 Å². The van der Waals surface area contributed by atoms with Crippen LogP contribution in [0.4, 0.5) is 0 Å². The Kier molecular flexibility index (Phi) is 3.90. The first-order valence-corrected chi connectivity index (χ1v) is 7.78. The molecule has 1 unspecified atom stereocenters. The highest BCUT2D eigenvalue weighted by Crippen LogP contribution is 2.28. The Hall–Kier alpha value is -2.09. The number of furan rings is 1. The molecule has 0 bridgehead atoms. The summed E-state index contributed by atoms with van der Waals surface area (Å²) in [4.78, 5) is 2.33. The number of nitrogens with zero attached hydrogens (tertiary/aromatic N) is 3. The molecule has 2 N–H and O–H groups in total. The molecular weight excluding hydrogens is 318 g/mol. The predicted octanol–water partition coefficient (Wildman–Crippen LogP) is 2.62. The minimum Gasteiger partial charge on any atom is -0.443 e. The third-order valence-corrected chi connectivity index (χ3v) is 4.15. The van der Waals surface area contributed by atoms with Crippen LogP contribution in [0.2, 0.25) is 5.22 Å². The summed E-state index contributed by atoms with van der Waals surface area (Å²) < 4.78 is 11.3. The molecule has 7 nitrogen and oxygen atoms in total. The second-order valence-electron chi connectivity index (χ2n) is 5.48. The van der Waals surface area contributed by atoms with Crippen molar-refractivity contribution in [2.24, 2.45) is 0 Å². The van der Waals surface area contributed by atoms with Crippen LogP contribution in [0.5, 0.6) is 0 Å². The van der Waals surface area contributed by atoms with Gasteiger partial charge in [-0.05, 0) is 29.8 Å². The van der Waals surface area contributed by atoms with E-state index in [0.29, 0.717) is 17.6 Å². The van der Waals surface area contributed by atoms with Crippen LogP contribution < -0.4 is 0 Å². The molecule has 4 rings (SSSR count). The number of halogens is 1. The van der Waals surface area contributed by atoms with Crippen molar-refractivity contribution >= 4 is 11.6 Å². The second kappa shape index (κ2) is 6.19. The minimum atomic E-state index is 0.0136. The van der Waals surface area contributed by atoms with E-state index in [2.05, 4.69) is 25.3 Å². The van der Waals surface area contributed by atoms with Gasteiger partial charge in [-0.25, -0.2) is 0 Å². The van der Waals surface area contributed by atoms with Crippen LogP contribution in [-0.4, -0.2) is 45.0 Å². The Morgan fingerprint density at radius 1 is 1.26 bits per heavy atom. The van der Waals surface area contributed by atoms with E-state index in [1.807, 2.05) is 18.3 Å². The summed E-state index contributed by atoms with van der Waals surface area (Å²) in [5.74, 6) is 0.695. The van der Waals surface area contributed by atoms with Crippen LogP contribution in [0.1, 0.15) is 17.4 Å². The molecule has 8 heteroatoms. The first-order chi connectivity index (χ1) is 11.3. The van der Waals surface area contributed by atoms with Crippen molar-refractivity contribution < 1.29 is 9.15 Å². The maximum Gasteiger partial charge on any atom is 0.194 e. The summed E-state index contributed by atoms with van der Waals surface area (Å²) in [7, 11) is 0. The minimum absolute atomic E-state index is 0.0136. The summed E-state index contributed by atoms with van der Waals surface area (Å²) >= 11 is 5.86. The fraction of sp³-hybridized carbons (Fsp3) is 0.333. The molecule has 0 aromatic carbocycles. The summed E-state index contributed by atoms with van der Waals surface area (Å²) in [6, 6.07) is 5.51. The van der Waals surface area contributed by atoms with Gasteiger partial charge >= 0.3 is 0 Å². The zero-order valence-corrected chi connectivity index (χ0v) is 13.1. The van der Waals surface area contributed by atoms with E-state index in [1.54, 1.807) is 12.3 Å². The largest absolute Gasteiger partial charge is 0.443 e. The van der Waals surface area contributed by atoms with E-state index in [-0.39, 0.29) is 6.10 Å². The standard InChI is InChI=1S/C15H16ClN5O2/c16-14-2-1-12(23-14)15-10(7-18-20-15)8-21-5-6-22-13(9-21)11-3-4-17-19-11/h1-4,7,13H,5-6,8-9H2,(H,17,19)(H,18,20). The van der Waals surface area contributed by atoms with Crippen molar-refractivity contribution in [3.63, 3.8) is 0 Å². The van der Waals surface area contributed by atoms with Crippen LogP contribution in [0.15, 0.2) is 35.0 Å². The maximum absolute atomic E-state index is 5.86. The lowest BCUT2D eigenvalue weighted by Crippen LogP contribution is -2.38. The van der Waals surface area contributed by atoms with Gasteiger partial charge in [-0.3, -0.25) is 15.1 Å². The average molecular weight is 334 g/mol. The van der Waals surface area contributed by atoms with Gasteiger partial charge in [-0.2, -0.15) is 10.2 Å². The number of nitrogens with one attached hydrogen (secondary N) is 2. The normalized spacial score (nSPS) is 19.3. The third kappa shape index (κ3) is 3.03. The molecule has 0 saturated carbocycles. The van der Waals surface area contributed by atoms with Crippen LogP contribution in [-0.2, 0) is 11.3 Å². The fourth-order valence-corrected chi connectivity index (χ4v) is 2.96. The number of rotatable bonds is 4. The van der Waals surface area contributed by atoms with Gasteiger partial charge in [-0.1, -0.05) is 0 Å². The summed E-state index contributed by atoms with van der Waals surface area (Å²) in [5.41, 5.74) is 2.93. The summed E-state index contributed by atoms with van der Waals surface area (Å²) in [5, 5.41) is 14.5. The quantitative estimate of drug-likeness (QED) is 0.767. The lowest BCUT2D eigenvalue weighted by molar-refractivity contribution is -0.0349. The first kappa shape index (κ1) is 14.5. The molecule has 0 aliphatic carbocycles. The number of morpholine rings is 1. The monoisotopic (exact) mass is 333 g/mol. The van der Waals surface area contributed by atoms with Gasteiger partial charge in [0.2, 0.25) is 0 Å². The van der Waals surface area contributed by atoms with Crippen molar-refractivity contribution in [3.8, 4) is 11.5 Å². The molecule has 120 valence electrons. The highest BCUT2D eigenvalue weighted by atomic mass is 35.5. The van der Waals surface area contributed by atoms with Crippen LogP contribution >= 0.6 is 11.6 Å². The van der Waals surface area contributed by atoms with Crippen molar-refractivity contribution in [2.75, 3.05) is 19.7 Å². The van der Waals surface area contributed by atoms with Crippen molar-refractivity contribution in [2.45, 2.75) is 12.6 Å². The Morgan fingerprint density at radius 3 is 3.00 bits per heavy atom. The molecule has 1 aliphatic rings. The molecule has 1 aliphatic heterocycles. The topological polar surface area (TPSA) is 83.0 Å². The van der Waals surface area contributed by atoms with E-state index in [9.17, 15) is 0 Å². The van der Waals surface area contributed by atoms with Crippen LogP contribution in [0, 0.1) is 0 Å². The van der Waals surface area contributed by atoms with E-state index in [1.165, 1.54) is 0 Å². The van der Waals surface area contributed by atoms with Gasteiger partial charge in [0.05, 0.1) is 18.5 Å². The zero-order valence-electron chi connectivity index (χ0n) is 12.3. The molecule has 3 aromatic rings. The molecule has 0 spiro atoms. The number of aromatic amines is 2. The number of hydrogen-bond donors (Lipinski definition) is 2. The Bertz CT molecular complexity index is 767. The smallest absolute Gasteiger partial charge is 0.194 e. The van der Waals surface area contributed by atoms with Gasteiger partial charge in [0.1, 0.15) is 11.8 Å². The highest BCUT2D eigenvalue weighted by molar-refractivity contribution is 6.28. The van der Waals surface area contributed by atoms with Crippen molar-refractivity contribution in [1.82, 2.24) is 25.3 Å². The lowest BCUT2D eigenvalue weighted by Gasteiger charge is -2.32. The Morgan fingerprint density at radius 2 is 2.22 bits per heavy atom. The average Bonchev–Trinajstić information content (AvgIpc) is 3.28. The zero-order chi connectivity index (χ0) is 15.6. The molecule has 3 aromatic heterocycles. The van der Waals surface area contributed by atoms with E-state index in [4.69, 9.17) is 20.8 Å². The molecule has 1 atom stereocenters. The van der Waals surface area contributed by atoms with Crippen LogP contribution in [0.25, 0.3) is 11.5 Å². The molecule has 0 radical (unpaired) electrons. The van der Waals surface area contributed by atoms with Gasteiger partial charge in [0.15, 0.2) is 11.0 Å². The van der Waals surface area contributed by atoms with E-state index >= 15 is 0 Å². The molecule has 1 fully saturated rings. The Balaban J connectivity index is 1.49. The number of aromatic nitrogens is 4. The number of hydrogen-bond acceptors (Lipinski definition) is 5. The highest BCUT2D eigenvalue weighted by Gasteiger charge is 2.24. The molecule has 0 amide bonds. The predicted molar refractivity (Wildman–Crippen MR) is 83.9 cm³/mol.